The van der Waals surface area contributed by atoms with Gasteiger partial charge in [-0.15, -0.1) is 0 Å². The number of halogens is 2. The third-order valence-corrected chi connectivity index (χ3v) is 5.82. The highest BCUT2D eigenvalue weighted by atomic mass is 79.9. The molecule has 0 unspecified atom stereocenters. The largest absolute Gasteiger partial charge is 0.334 e. The lowest BCUT2D eigenvalue weighted by Crippen LogP contribution is -2.51. The fraction of sp³-hybridized carbons (Fsp3) is 0.500. The van der Waals surface area contributed by atoms with E-state index in [2.05, 4.69) is 33.0 Å². The second-order valence-electron chi connectivity index (χ2n) is 6.35. The minimum Gasteiger partial charge on any atom is -0.334 e. The van der Waals surface area contributed by atoms with E-state index < -0.39 is 0 Å². The molecule has 5 heteroatoms. The van der Waals surface area contributed by atoms with Gasteiger partial charge in [0.2, 0.25) is 0 Å². The van der Waals surface area contributed by atoms with Crippen LogP contribution in [0.2, 0.25) is 5.02 Å². The van der Waals surface area contributed by atoms with E-state index in [1.807, 2.05) is 18.0 Å². The van der Waals surface area contributed by atoms with Crippen molar-refractivity contribution in [1.82, 2.24) is 9.80 Å². The first-order valence-corrected chi connectivity index (χ1v) is 9.38. The molecule has 2 aliphatic rings. The SMILES string of the molecule is CN(C(=O)c1cc(Cl)ccc1Br)[C@@H]1C=CCC[C@H]1N1CCCC1. The topological polar surface area (TPSA) is 23.6 Å². The molecule has 0 N–H and O–H groups in total. The van der Waals surface area contributed by atoms with Crippen LogP contribution in [0, 0.1) is 0 Å². The fourth-order valence-corrected chi connectivity index (χ4v) is 4.24. The highest BCUT2D eigenvalue weighted by Gasteiger charge is 2.34. The van der Waals surface area contributed by atoms with Crippen molar-refractivity contribution in [2.45, 2.75) is 37.8 Å². The molecule has 0 radical (unpaired) electrons. The van der Waals surface area contributed by atoms with Crippen molar-refractivity contribution in [3.05, 3.63) is 45.4 Å². The van der Waals surface area contributed by atoms with Crippen molar-refractivity contribution < 1.29 is 4.79 Å². The molecule has 3 rings (SSSR count). The summed E-state index contributed by atoms with van der Waals surface area (Å²) in [6.07, 6.45) is 9.15. The summed E-state index contributed by atoms with van der Waals surface area (Å²) in [6.45, 7) is 2.30. The molecule has 1 fully saturated rings. The molecule has 1 amide bonds. The maximum Gasteiger partial charge on any atom is 0.255 e. The first-order valence-electron chi connectivity index (χ1n) is 8.21. The van der Waals surface area contributed by atoms with Gasteiger partial charge in [-0.3, -0.25) is 9.69 Å². The monoisotopic (exact) mass is 396 g/mol. The van der Waals surface area contributed by atoms with Gasteiger partial charge in [0.25, 0.3) is 5.91 Å². The van der Waals surface area contributed by atoms with E-state index in [0.29, 0.717) is 16.6 Å². The minimum atomic E-state index is 0.0140. The van der Waals surface area contributed by atoms with E-state index >= 15 is 0 Å². The predicted octanol–water partition coefficient (Wildman–Crippen LogP) is 4.36. The van der Waals surface area contributed by atoms with Gasteiger partial charge in [0.05, 0.1) is 11.6 Å². The Morgan fingerprint density at radius 1 is 1.35 bits per heavy atom. The van der Waals surface area contributed by atoms with Gasteiger partial charge in [-0.1, -0.05) is 23.8 Å². The Kier molecular flexibility index (Phi) is 5.45. The van der Waals surface area contributed by atoms with Crippen molar-refractivity contribution in [2.24, 2.45) is 0 Å². The van der Waals surface area contributed by atoms with Crippen molar-refractivity contribution in [1.29, 1.82) is 0 Å². The maximum atomic E-state index is 13.0. The van der Waals surface area contributed by atoms with E-state index in [-0.39, 0.29) is 11.9 Å². The summed E-state index contributed by atoms with van der Waals surface area (Å²) in [5.74, 6) is 0.0140. The van der Waals surface area contributed by atoms with Crippen LogP contribution in [0.15, 0.2) is 34.8 Å². The summed E-state index contributed by atoms with van der Waals surface area (Å²) in [4.78, 5) is 17.4. The Bertz CT molecular complexity index is 613. The Balaban J connectivity index is 1.83. The van der Waals surface area contributed by atoms with E-state index in [1.165, 1.54) is 12.8 Å². The Morgan fingerprint density at radius 3 is 2.83 bits per heavy atom. The number of hydrogen-bond donors (Lipinski definition) is 0. The van der Waals surface area contributed by atoms with Gasteiger partial charge < -0.3 is 4.90 Å². The molecule has 23 heavy (non-hydrogen) atoms. The summed E-state index contributed by atoms with van der Waals surface area (Å²) in [5.41, 5.74) is 0.624. The van der Waals surface area contributed by atoms with Crippen LogP contribution in [-0.4, -0.2) is 47.9 Å². The van der Waals surface area contributed by atoms with Gasteiger partial charge in [-0.05, 0) is 72.9 Å². The Labute approximate surface area is 151 Å². The molecule has 1 saturated heterocycles. The molecule has 1 aliphatic carbocycles. The molecule has 1 aromatic carbocycles. The molecule has 0 spiro atoms. The number of likely N-dealkylation sites (N-methyl/N-ethyl adjacent to an activating group) is 1. The molecular weight excluding hydrogens is 376 g/mol. The number of hydrogen-bond acceptors (Lipinski definition) is 2. The Morgan fingerprint density at radius 2 is 2.09 bits per heavy atom. The normalized spacial score (nSPS) is 24.8. The second kappa shape index (κ2) is 7.37. The zero-order valence-corrected chi connectivity index (χ0v) is 15.7. The van der Waals surface area contributed by atoms with Crippen LogP contribution in [0.1, 0.15) is 36.0 Å². The zero-order chi connectivity index (χ0) is 16.4. The number of carbonyl (C=O) groups excluding carboxylic acids is 1. The van der Waals surface area contributed by atoms with Crippen molar-refractivity contribution >= 4 is 33.4 Å². The standard InChI is InChI=1S/C18H22BrClN2O/c1-21(18(23)14-12-13(20)8-9-15(14)19)16-6-2-3-7-17(16)22-10-4-5-11-22/h2,6,8-9,12,16-17H,3-5,7,10-11H2,1H3/t16-,17-/m1/s1. The van der Waals surface area contributed by atoms with Crippen LogP contribution < -0.4 is 0 Å². The van der Waals surface area contributed by atoms with Gasteiger partial charge in [0.15, 0.2) is 0 Å². The van der Waals surface area contributed by atoms with Gasteiger partial charge in [0.1, 0.15) is 0 Å². The van der Waals surface area contributed by atoms with Crippen LogP contribution in [-0.2, 0) is 0 Å². The molecule has 1 aliphatic heterocycles. The van der Waals surface area contributed by atoms with Crippen molar-refractivity contribution in [3.8, 4) is 0 Å². The quantitative estimate of drug-likeness (QED) is 0.708. The van der Waals surface area contributed by atoms with E-state index in [0.717, 1.165) is 30.4 Å². The number of carbonyl (C=O) groups is 1. The third kappa shape index (κ3) is 3.65. The molecule has 124 valence electrons. The Hall–Kier alpha value is -0.840. The molecule has 1 aromatic rings. The average molecular weight is 398 g/mol. The predicted molar refractivity (Wildman–Crippen MR) is 98.0 cm³/mol. The molecule has 2 atom stereocenters. The zero-order valence-electron chi connectivity index (χ0n) is 13.3. The van der Waals surface area contributed by atoms with Crippen LogP contribution in [0.5, 0.6) is 0 Å². The lowest BCUT2D eigenvalue weighted by atomic mass is 9.93. The molecular formula is C18H22BrClN2O. The molecule has 0 aromatic heterocycles. The van der Waals surface area contributed by atoms with Gasteiger partial charge in [-0.2, -0.15) is 0 Å². The molecule has 3 nitrogen and oxygen atoms in total. The van der Waals surface area contributed by atoms with Crippen LogP contribution in [0.3, 0.4) is 0 Å². The fourth-order valence-electron chi connectivity index (χ4n) is 3.65. The van der Waals surface area contributed by atoms with Crippen LogP contribution >= 0.6 is 27.5 Å². The number of allylic oxidation sites excluding steroid dienone is 1. The average Bonchev–Trinajstić information content (AvgIpc) is 3.10. The lowest BCUT2D eigenvalue weighted by molar-refractivity contribution is 0.0647. The van der Waals surface area contributed by atoms with E-state index in [4.69, 9.17) is 11.6 Å². The highest BCUT2D eigenvalue weighted by Crippen LogP contribution is 2.28. The summed E-state index contributed by atoms with van der Waals surface area (Å²) < 4.78 is 0.788. The maximum absolute atomic E-state index is 13.0. The summed E-state index contributed by atoms with van der Waals surface area (Å²) in [7, 11) is 1.90. The first kappa shape index (κ1) is 17.0. The number of nitrogens with zero attached hydrogens (tertiary/aromatic N) is 2. The van der Waals surface area contributed by atoms with E-state index in [9.17, 15) is 4.79 Å². The molecule has 0 saturated carbocycles. The van der Waals surface area contributed by atoms with Gasteiger partial charge >= 0.3 is 0 Å². The third-order valence-electron chi connectivity index (χ3n) is 4.89. The highest BCUT2D eigenvalue weighted by molar-refractivity contribution is 9.10. The number of benzene rings is 1. The van der Waals surface area contributed by atoms with Gasteiger partial charge in [0, 0.05) is 22.6 Å². The van der Waals surface area contributed by atoms with Gasteiger partial charge in [-0.25, -0.2) is 0 Å². The second-order valence-corrected chi connectivity index (χ2v) is 7.64. The molecule has 1 heterocycles. The minimum absolute atomic E-state index is 0.0140. The molecule has 0 bridgehead atoms. The van der Waals surface area contributed by atoms with Crippen molar-refractivity contribution in [2.75, 3.05) is 20.1 Å². The number of rotatable bonds is 3. The smallest absolute Gasteiger partial charge is 0.255 e. The summed E-state index contributed by atoms with van der Waals surface area (Å²) in [6, 6.07) is 5.91. The number of amides is 1. The summed E-state index contributed by atoms with van der Waals surface area (Å²) in [5, 5.41) is 0.584. The van der Waals surface area contributed by atoms with Crippen LogP contribution in [0.25, 0.3) is 0 Å². The summed E-state index contributed by atoms with van der Waals surface area (Å²) >= 11 is 9.54. The first-order chi connectivity index (χ1) is 11.1. The lowest BCUT2D eigenvalue weighted by Gasteiger charge is -2.40. The van der Waals surface area contributed by atoms with E-state index in [1.54, 1.807) is 12.1 Å². The van der Waals surface area contributed by atoms with Crippen molar-refractivity contribution in [3.63, 3.8) is 0 Å². The van der Waals surface area contributed by atoms with Crippen LogP contribution in [0.4, 0.5) is 0 Å². The number of likely N-dealkylation sites (tertiary alicyclic amines) is 1.